The highest BCUT2D eigenvalue weighted by atomic mass is 28.3. The van der Waals surface area contributed by atoms with E-state index in [2.05, 4.69) is 232 Å². The van der Waals surface area contributed by atoms with Gasteiger partial charge in [-0.05, 0) is 61.2 Å². The minimum Gasteiger partial charge on any atom is -0.0685 e. The fourth-order valence-electron chi connectivity index (χ4n) is 9.40. The van der Waals surface area contributed by atoms with Crippen LogP contribution < -0.4 is 0 Å². The standard InChI is InChI=1S/C51H44Si/c1-52(2,3)51(45-37-23-10-24-38-45)49(42-31-17-7-18-32-42)47(40-27-13-5-14-28-40)46(39-25-11-4-12-26-39)48(41-29-15-6-16-30-41)50(51,43-33-19-8-20-34-43)44-35-21-9-22-36-44/h4-38H,1-3H3. The zero-order chi connectivity index (χ0) is 35.6. The van der Waals surface area contributed by atoms with Gasteiger partial charge in [0.2, 0.25) is 0 Å². The Balaban J connectivity index is 1.80. The molecule has 0 amide bonds. The zero-order valence-electron chi connectivity index (χ0n) is 30.2. The Morgan fingerprint density at radius 1 is 0.288 bits per heavy atom. The first-order chi connectivity index (χ1) is 25.5. The van der Waals surface area contributed by atoms with Crippen LogP contribution in [0.4, 0.5) is 0 Å². The molecule has 1 unspecified atom stereocenters. The summed E-state index contributed by atoms with van der Waals surface area (Å²) in [6.07, 6.45) is 0. The van der Waals surface area contributed by atoms with Crippen molar-refractivity contribution in [3.63, 3.8) is 0 Å². The van der Waals surface area contributed by atoms with Crippen molar-refractivity contribution in [2.75, 3.05) is 0 Å². The Morgan fingerprint density at radius 2 is 0.558 bits per heavy atom. The molecule has 0 saturated heterocycles. The van der Waals surface area contributed by atoms with Gasteiger partial charge in [-0.15, -0.1) is 0 Å². The van der Waals surface area contributed by atoms with Crippen LogP contribution in [0.25, 0.3) is 22.3 Å². The van der Waals surface area contributed by atoms with Gasteiger partial charge < -0.3 is 0 Å². The molecule has 1 atom stereocenters. The molecule has 0 saturated carbocycles. The summed E-state index contributed by atoms with van der Waals surface area (Å²) in [4.78, 5) is 0. The lowest BCUT2D eigenvalue weighted by atomic mass is 9.50. The predicted molar refractivity (Wildman–Crippen MR) is 225 cm³/mol. The Kier molecular flexibility index (Phi) is 8.83. The van der Waals surface area contributed by atoms with Gasteiger partial charge in [0.1, 0.15) is 0 Å². The second kappa shape index (κ2) is 13.8. The van der Waals surface area contributed by atoms with Crippen molar-refractivity contribution < 1.29 is 0 Å². The third kappa shape index (κ3) is 5.19. The van der Waals surface area contributed by atoms with Gasteiger partial charge in [-0.2, -0.15) is 0 Å². The summed E-state index contributed by atoms with van der Waals surface area (Å²) in [6.45, 7) is 7.80. The number of benzene rings is 7. The third-order valence-electron chi connectivity index (χ3n) is 11.1. The molecule has 0 aliphatic heterocycles. The summed E-state index contributed by atoms with van der Waals surface area (Å²) in [6, 6.07) is 79.3. The molecular formula is C51H44Si. The normalized spacial score (nSPS) is 17.2. The molecule has 0 fully saturated rings. The number of hydrogen-bond acceptors (Lipinski definition) is 0. The van der Waals surface area contributed by atoms with Gasteiger partial charge >= 0.3 is 0 Å². The molecule has 52 heavy (non-hydrogen) atoms. The maximum Gasteiger partial charge on any atom is 0.0633 e. The van der Waals surface area contributed by atoms with Gasteiger partial charge in [-0.1, -0.05) is 232 Å². The van der Waals surface area contributed by atoms with Crippen LogP contribution in [0.15, 0.2) is 212 Å². The van der Waals surface area contributed by atoms with Gasteiger partial charge in [0.15, 0.2) is 0 Å². The summed E-state index contributed by atoms with van der Waals surface area (Å²) in [5, 5.41) is -0.528. The van der Waals surface area contributed by atoms with Crippen LogP contribution >= 0.6 is 0 Å². The third-order valence-corrected chi connectivity index (χ3v) is 14.2. The first-order valence-electron chi connectivity index (χ1n) is 18.4. The second-order valence-corrected chi connectivity index (χ2v) is 20.1. The van der Waals surface area contributed by atoms with E-state index >= 15 is 0 Å². The van der Waals surface area contributed by atoms with Crippen molar-refractivity contribution in [2.24, 2.45) is 0 Å². The average Bonchev–Trinajstić information content (AvgIpc) is 3.21. The Bertz CT molecular complexity index is 2280. The van der Waals surface area contributed by atoms with E-state index in [4.69, 9.17) is 0 Å². The molecule has 0 bridgehead atoms. The highest BCUT2D eigenvalue weighted by Gasteiger charge is 2.67. The quantitative estimate of drug-likeness (QED) is 0.140. The van der Waals surface area contributed by atoms with E-state index in [9.17, 15) is 0 Å². The average molecular weight is 685 g/mol. The SMILES string of the molecule is C[Si](C)(C)C1(c2ccccc2)C(c2ccccc2)=C(c2ccccc2)C(c2ccccc2)=C(c2ccccc2)C1(c1ccccc1)c1ccccc1. The summed E-state index contributed by atoms with van der Waals surface area (Å²) in [5.74, 6) is 0. The van der Waals surface area contributed by atoms with Crippen LogP contribution in [0, 0.1) is 0 Å². The minimum atomic E-state index is -2.47. The van der Waals surface area contributed by atoms with Crippen LogP contribution in [0.1, 0.15) is 38.9 Å². The number of hydrogen-bond donors (Lipinski definition) is 0. The predicted octanol–water partition coefficient (Wildman–Crippen LogP) is 13.0. The van der Waals surface area contributed by atoms with E-state index in [0.29, 0.717) is 0 Å². The van der Waals surface area contributed by atoms with Gasteiger partial charge in [-0.25, -0.2) is 0 Å². The fraction of sp³-hybridized carbons (Fsp3) is 0.0980. The molecule has 0 heterocycles. The topological polar surface area (TPSA) is 0 Å². The summed E-state index contributed by atoms with van der Waals surface area (Å²) < 4.78 is 0. The molecule has 1 aliphatic carbocycles. The lowest BCUT2D eigenvalue weighted by Gasteiger charge is -2.63. The van der Waals surface area contributed by atoms with Gasteiger partial charge in [0.05, 0.1) is 13.5 Å². The zero-order valence-corrected chi connectivity index (χ0v) is 31.2. The molecule has 7 aromatic carbocycles. The van der Waals surface area contributed by atoms with Crippen molar-refractivity contribution in [2.45, 2.75) is 30.1 Å². The molecule has 8 rings (SSSR count). The first kappa shape index (κ1) is 33.4. The van der Waals surface area contributed by atoms with E-state index in [1.54, 1.807) is 0 Å². The molecule has 0 nitrogen and oxygen atoms in total. The van der Waals surface area contributed by atoms with Gasteiger partial charge in [-0.3, -0.25) is 0 Å². The van der Waals surface area contributed by atoms with Gasteiger partial charge in [0.25, 0.3) is 0 Å². The van der Waals surface area contributed by atoms with Crippen molar-refractivity contribution in [1.29, 1.82) is 0 Å². The molecule has 252 valence electrons. The second-order valence-electron chi connectivity index (χ2n) is 14.8. The molecule has 0 spiro atoms. The highest BCUT2D eigenvalue weighted by molar-refractivity contribution is 6.82. The van der Waals surface area contributed by atoms with Gasteiger partial charge in [0, 0.05) is 5.04 Å². The Hall–Kier alpha value is -5.76. The van der Waals surface area contributed by atoms with Crippen LogP contribution in [0.5, 0.6) is 0 Å². The smallest absolute Gasteiger partial charge is 0.0633 e. The van der Waals surface area contributed by atoms with Crippen LogP contribution in [0.3, 0.4) is 0 Å². The first-order valence-corrected chi connectivity index (χ1v) is 21.9. The maximum atomic E-state index is 2.60. The highest BCUT2D eigenvalue weighted by Crippen LogP contribution is 2.71. The lowest BCUT2D eigenvalue weighted by molar-refractivity contribution is 0.521. The Labute approximate surface area is 310 Å². The van der Waals surface area contributed by atoms with E-state index in [-0.39, 0.29) is 0 Å². The van der Waals surface area contributed by atoms with Crippen LogP contribution in [-0.2, 0) is 10.5 Å². The molecular weight excluding hydrogens is 641 g/mol. The molecule has 1 heteroatoms. The monoisotopic (exact) mass is 684 g/mol. The van der Waals surface area contributed by atoms with E-state index in [1.807, 2.05) is 0 Å². The molecule has 0 aromatic heterocycles. The van der Waals surface area contributed by atoms with Crippen molar-refractivity contribution in [3.05, 3.63) is 251 Å². The molecule has 1 aliphatic rings. The lowest BCUT2D eigenvalue weighted by Crippen LogP contribution is -2.65. The summed E-state index contributed by atoms with van der Waals surface area (Å²) in [5.41, 5.74) is 13.5. The number of rotatable bonds is 8. The van der Waals surface area contributed by atoms with E-state index in [1.165, 1.54) is 61.2 Å². The van der Waals surface area contributed by atoms with Crippen LogP contribution in [-0.4, -0.2) is 8.07 Å². The van der Waals surface area contributed by atoms with E-state index < -0.39 is 18.5 Å². The molecule has 0 radical (unpaired) electrons. The summed E-state index contributed by atoms with van der Waals surface area (Å²) >= 11 is 0. The minimum absolute atomic E-state index is 0.528. The van der Waals surface area contributed by atoms with Crippen LogP contribution in [0.2, 0.25) is 19.6 Å². The fourth-order valence-corrected chi connectivity index (χ4v) is 13.0. The largest absolute Gasteiger partial charge is 0.0685 e. The van der Waals surface area contributed by atoms with Crippen molar-refractivity contribution in [3.8, 4) is 0 Å². The maximum absolute atomic E-state index is 2.60. The summed E-state index contributed by atoms with van der Waals surface area (Å²) in [7, 11) is -2.47. The number of allylic oxidation sites excluding steroid dienone is 4. The molecule has 7 aromatic rings. The van der Waals surface area contributed by atoms with Crippen molar-refractivity contribution in [1.82, 2.24) is 0 Å². The molecule has 0 N–H and O–H groups in total. The van der Waals surface area contributed by atoms with Crippen molar-refractivity contribution >= 4 is 30.4 Å². The Morgan fingerprint density at radius 3 is 0.904 bits per heavy atom. The van der Waals surface area contributed by atoms with E-state index in [0.717, 1.165) is 0 Å².